The Balaban J connectivity index is 1.69. The zero-order chi connectivity index (χ0) is 20.3. The molecule has 2 aliphatic rings. The number of hydrogen-bond acceptors (Lipinski definition) is 8. The van der Waals surface area contributed by atoms with Crippen molar-refractivity contribution in [2.45, 2.75) is 38.2 Å². The van der Waals surface area contributed by atoms with E-state index in [2.05, 4.69) is 0 Å². The number of ether oxygens (including phenoxy) is 1. The van der Waals surface area contributed by atoms with E-state index in [-0.39, 0.29) is 21.9 Å². The molecule has 0 spiro atoms. The number of amides is 1. The van der Waals surface area contributed by atoms with Gasteiger partial charge < -0.3 is 9.84 Å². The molecule has 0 radical (unpaired) electrons. The van der Waals surface area contributed by atoms with Gasteiger partial charge in [-0.05, 0) is 43.4 Å². The maximum atomic E-state index is 12.6. The van der Waals surface area contributed by atoms with Crippen LogP contribution in [0, 0.1) is 10.1 Å². The molecule has 1 aliphatic heterocycles. The van der Waals surface area contributed by atoms with Crippen molar-refractivity contribution in [3.05, 3.63) is 38.8 Å². The number of thiocarbonyl (C=S) groups is 1. The minimum Gasteiger partial charge on any atom is -0.502 e. The number of carbonyl (C=O) groups is 2. The van der Waals surface area contributed by atoms with Gasteiger partial charge in [-0.15, -0.1) is 0 Å². The Labute approximate surface area is 170 Å². The fourth-order valence-corrected chi connectivity index (χ4v) is 4.35. The number of esters is 1. The molecule has 1 N–H and O–H groups in total. The lowest BCUT2D eigenvalue weighted by Crippen LogP contribution is -2.36. The Bertz CT molecular complexity index is 864. The first kappa shape index (κ1) is 20.3. The summed E-state index contributed by atoms with van der Waals surface area (Å²) < 4.78 is 5.66. The van der Waals surface area contributed by atoms with Crippen molar-refractivity contribution in [1.82, 2.24) is 4.90 Å². The van der Waals surface area contributed by atoms with E-state index >= 15 is 0 Å². The van der Waals surface area contributed by atoms with E-state index in [4.69, 9.17) is 17.0 Å². The van der Waals surface area contributed by atoms with Crippen LogP contribution in [0.4, 0.5) is 5.69 Å². The van der Waals surface area contributed by atoms with Gasteiger partial charge in [0.15, 0.2) is 5.75 Å². The summed E-state index contributed by atoms with van der Waals surface area (Å²) in [6.07, 6.45) is 6.21. The number of nitro benzene ring substituents is 1. The molecule has 1 aliphatic carbocycles. The highest BCUT2D eigenvalue weighted by Gasteiger charge is 2.34. The number of aromatic hydroxyl groups is 1. The van der Waals surface area contributed by atoms with Crippen molar-refractivity contribution in [3.8, 4) is 5.75 Å². The third-order valence-electron chi connectivity index (χ3n) is 4.51. The fraction of sp³-hybridized carbons (Fsp3) is 0.389. The summed E-state index contributed by atoms with van der Waals surface area (Å²) in [6.45, 7) is -0.256. The Morgan fingerprint density at radius 3 is 2.79 bits per heavy atom. The van der Waals surface area contributed by atoms with Crippen LogP contribution in [0.5, 0.6) is 5.75 Å². The van der Waals surface area contributed by atoms with Gasteiger partial charge in [-0.3, -0.25) is 24.6 Å². The molecule has 8 nitrogen and oxygen atoms in total. The van der Waals surface area contributed by atoms with Crippen LogP contribution in [-0.4, -0.2) is 43.8 Å². The van der Waals surface area contributed by atoms with Crippen molar-refractivity contribution < 1.29 is 24.4 Å². The van der Waals surface area contributed by atoms with Crippen LogP contribution < -0.4 is 0 Å². The van der Waals surface area contributed by atoms with Crippen LogP contribution in [-0.2, 0) is 14.3 Å². The highest BCUT2D eigenvalue weighted by Crippen LogP contribution is 2.34. The molecule has 1 saturated heterocycles. The zero-order valence-corrected chi connectivity index (χ0v) is 16.5. The minimum atomic E-state index is -0.709. The normalized spacial score (nSPS) is 19.3. The molecule has 1 amide bonds. The number of nitrogens with zero attached hydrogens (tertiary/aromatic N) is 2. The molecule has 1 aromatic carbocycles. The standard InChI is InChI=1S/C18H18N2O6S2/c21-14-7-6-11(8-13(14)20(24)25)9-15-17(23)19(18(27)28-15)10-16(22)26-12-4-2-1-3-5-12/h6-9,12,21H,1-5,10H2/b15-9-. The molecule has 1 heterocycles. The number of phenolic OH excluding ortho intramolecular Hbond substituents is 1. The predicted octanol–water partition coefficient (Wildman–Crippen LogP) is 3.38. The molecule has 0 aromatic heterocycles. The SMILES string of the molecule is O=C(CN1C(=O)/C(=C/c2ccc(O)c([N+](=O)[O-])c2)SC1=S)OC1CCCCC1. The maximum absolute atomic E-state index is 12.6. The molecule has 0 bridgehead atoms. The summed E-state index contributed by atoms with van der Waals surface area (Å²) in [5.41, 5.74) is -0.0879. The second kappa shape index (κ2) is 8.70. The number of benzene rings is 1. The predicted molar refractivity (Wildman–Crippen MR) is 108 cm³/mol. The average Bonchev–Trinajstić information content (AvgIpc) is 2.91. The van der Waals surface area contributed by atoms with E-state index < -0.39 is 28.2 Å². The highest BCUT2D eigenvalue weighted by atomic mass is 32.2. The van der Waals surface area contributed by atoms with Crippen molar-refractivity contribution in [1.29, 1.82) is 0 Å². The van der Waals surface area contributed by atoms with Gasteiger partial charge in [0.1, 0.15) is 17.0 Å². The number of phenols is 1. The number of hydrogen-bond donors (Lipinski definition) is 1. The fourth-order valence-electron chi connectivity index (χ4n) is 3.10. The summed E-state index contributed by atoms with van der Waals surface area (Å²) >= 11 is 6.20. The van der Waals surface area contributed by atoms with Crippen LogP contribution in [0.1, 0.15) is 37.7 Å². The molecule has 1 aromatic rings. The number of carbonyl (C=O) groups excluding carboxylic acids is 2. The molecule has 10 heteroatoms. The number of rotatable bonds is 5. The largest absolute Gasteiger partial charge is 0.502 e. The second-order valence-corrected chi connectivity index (χ2v) is 8.20. The first-order valence-electron chi connectivity index (χ1n) is 8.77. The van der Waals surface area contributed by atoms with Gasteiger partial charge in [0.25, 0.3) is 5.91 Å². The lowest BCUT2D eigenvalue weighted by Gasteiger charge is -2.23. The van der Waals surface area contributed by atoms with E-state index in [0.29, 0.717) is 5.56 Å². The van der Waals surface area contributed by atoms with Crippen LogP contribution in [0.2, 0.25) is 0 Å². The molecular weight excluding hydrogens is 404 g/mol. The Morgan fingerprint density at radius 1 is 1.39 bits per heavy atom. The van der Waals surface area contributed by atoms with Gasteiger partial charge >= 0.3 is 11.7 Å². The van der Waals surface area contributed by atoms with Gasteiger partial charge in [-0.1, -0.05) is 36.5 Å². The first-order chi connectivity index (χ1) is 13.3. The molecule has 1 saturated carbocycles. The van der Waals surface area contributed by atoms with E-state index in [1.165, 1.54) is 29.2 Å². The summed E-state index contributed by atoms with van der Waals surface area (Å²) in [7, 11) is 0. The molecule has 3 rings (SSSR count). The Morgan fingerprint density at radius 2 is 2.11 bits per heavy atom. The quantitative estimate of drug-likeness (QED) is 0.253. The zero-order valence-electron chi connectivity index (χ0n) is 14.8. The second-order valence-electron chi connectivity index (χ2n) is 6.52. The lowest BCUT2D eigenvalue weighted by molar-refractivity contribution is -0.385. The number of nitro groups is 1. The Kier molecular flexibility index (Phi) is 6.30. The minimum absolute atomic E-state index is 0.104. The van der Waals surface area contributed by atoms with Crippen molar-refractivity contribution in [3.63, 3.8) is 0 Å². The van der Waals surface area contributed by atoms with Crippen LogP contribution >= 0.6 is 24.0 Å². The van der Waals surface area contributed by atoms with Gasteiger partial charge in [-0.25, -0.2) is 0 Å². The van der Waals surface area contributed by atoms with Crippen LogP contribution in [0.25, 0.3) is 6.08 Å². The van der Waals surface area contributed by atoms with Crippen molar-refractivity contribution >= 4 is 51.9 Å². The molecule has 148 valence electrons. The molecule has 28 heavy (non-hydrogen) atoms. The molecular formula is C18H18N2O6S2. The topological polar surface area (TPSA) is 110 Å². The summed E-state index contributed by atoms with van der Waals surface area (Å²) in [5, 5.41) is 20.5. The lowest BCUT2D eigenvalue weighted by atomic mass is 9.98. The molecule has 2 fully saturated rings. The van der Waals surface area contributed by atoms with E-state index in [9.17, 15) is 24.8 Å². The monoisotopic (exact) mass is 422 g/mol. The molecule has 0 unspecified atom stereocenters. The van der Waals surface area contributed by atoms with Crippen LogP contribution in [0.3, 0.4) is 0 Å². The third kappa shape index (κ3) is 4.68. The molecule has 0 atom stereocenters. The average molecular weight is 422 g/mol. The first-order valence-corrected chi connectivity index (χ1v) is 10.00. The van der Waals surface area contributed by atoms with Gasteiger partial charge in [0.2, 0.25) is 0 Å². The van der Waals surface area contributed by atoms with E-state index in [1.807, 2.05) is 0 Å². The van der Waals surface area contributed by atoms with Gasteiger partial charge in [0, 0.05) is 6.07 Å². The summed E-state index contributed by atoms with van der Waals surface area (Å²) in [4.78, 5) is 36.4. The summed E-state index contributed by atoms with van der Waals surface area (Å²) in [6, 6.07) is 3.80. The number of thioether (sulfide) groups is 1. The summed E-state index contributed by atoms with van der Waals surface area (Å²) in [5.74, 6) is -1.41. The maximum Gasteiger partial charge on any atom is 0.326 e. The Hall–Kier alpha value is -2.46. The van der Waals surface area contributed by atoms with Crippen LogP contribution in [0.15, 0.2) is 23.1 Å². The van der Waals surface area contributed by atoms with Crippen molar-refractivity contribution in [2.24, 2.45) is 0 Å². The third-order valence-corrected chi connectivity index (χ3v) is 5.88. The smallest absolute Gasteiger partial charge is 0.326 e. The van der Waals surface area contributed by atoms with Gasteiger partial charge in [-0.2, -0.15) is 0 Å². The highest BCUT2D eigenvalue weighted by molar-refractivity contribution is 8.26. The van der Waals surface area contributed by atoms with E-state index in [0.717, 1.165) is 43.9 Å². The van der Waals surface area contributed by atoms with Gasteiger partial charge in [0.05, 0.1) is 9.83 Å². The van der Waals surface area contributed by atoms with E-state index in [1.54, 1.807) is 0 Å². The van der Waals surface area contributed by atoms with Crippen molar-refractivity contribution in [2.75, 3.05) is 6.54 Å².